The Morgan fingerprint density at radius 3 is 2.33 bits per heavy atom. The lowest BCUT2D eigenvalue weighted by Crippen LogP contribution is -2.10. The summed E-state index contributed by atoms with van der Waals surface area (Å²) in [5.74, 6) is 0.435. The number of hydrogen-bond donors (Lipinski definition) is 1. The number of carbonyl (C=O) groups is 1. The largest absolute Gasteiger partial charge is 0.491 e. The molecule has 0 spiro atoms. The molecule has 0 unspecified atom stereocenters. The molecule has 2 aromatic rings. The molecule has 0 heterocycles. The number of anilines is 1. The number of nitrogens with two attached hydrogens (primary N) is 1. The van der Waals surface area contributed by atoms with E-state index in [1.54, 1.807) is 18.2 Å². The number of benzene rings is 2. The average Bonchev–Trinajstić information content (AvgIpc) is 2.40. The second-order valence-corrected chi connectivity index (χ2v) is 5.26. The summed E-state index contributed by atoms with van der Waals surface area (Å²) in [5, 5.41) is 0. The molecule has 0 aliphatic heterocycles. The van der Waals surface area contributed by atoms with Crippen molar-refractivity contribution in [1.29, 1.82) is 0 Å². The number of hydrogen-bond acceptors (Lipinski definition) is 3. The second-order valence-electron chi connectivity index (χ2n) is 5.26. The number of ether oxygens (including phenoxy) is 1. The molecule has 0 atom stereocenters. The summed E-state index contributed by atoms with van der Waals surface area (Å²) in [4.78, 5) is 12.9. The second kappa shape index (κ2) is 6.00. The van der Waals surface area contributed by atoms with Gasteiger partial charge in [0.25, 0.3) is 0 Å². The normalized spacial score (nSPS) is 10.5. The van der Waals surface area contributed by atoms with Crippen LogP contribution in [0.25, 0.3) is 0 Å². The van der Waals surface area contributed by atoms with Gasteiger partial charge in [0.1, 0.15) is 0 Å². The fraction of sp³-hybridized carbons (Fsp3) is 0.278. The molecule has 0 saturated carbocycles. The van der Waals surface area contributed by atoms with Crippen molar-refractivity contribution >= 4 is 11.5 Å². The summed E-state index contributed by atoms with van der Waals surface area (Å²) >= 11 is 0. The van der Waals surface area contributed by atoms with Crippen molar-refractivity contribution in [2.75, 3.05) is 12.3 Å². The van der Waals surface area contributed by atoms with E-state index in [0.29, 0.717) is 23.6 Å². The van der Waals surface area contributed by atoms with Gasteiger partial charge in [-0.05, 0) is 51.0 Å². The molecule has 0 bridgehead atoms. The molecule has 0 fully saturated rings. The Morgan fingerprint density at radius 2 is 1.76 bits per heavy atom. The van der Waals surface area contributed by atoms with Crippen LogP contribution in [-0.2, 0) is 0 Å². The number of para-hydroxylation sites is 1. The van der Waals surface area contributed by atoms with Crippen molar-refractivity contribution in [2.45, 2.75) is 27.7 Å². The van der Waals surface area contributed by atoms with Gasteiger partial charge >= 0.3 is 0 Å². The van der Waals surface area contributed by atoms with E-state index in [0.717, 1.165) is 22.3 Å². The molecule has 110 valence electrons. The number of aryl methyl sites for hydroxylation is 3. The highest BCUT2D eigenvalue weighted by molar-refractivity contribution is 6.13. The molecule has 2 N–H and O–H groups in total. The molecule has 2 rings (SSSR count). The first-order valence-electron chi connectivity index (χ1n) is 7.09. The van der Waals surface area contributed by atoms with E-state index in [2.05, 4.69) is 0 Å². The summed E-state index contributed by atoms with van der Waals surface area (Å²) in [6.07, 6.45) is 0. The van der Waals surface area contributed by atoms with E-state index in [1.165, 1.54) is 0 Å². The maximum absolute atomic E-state index is 12.9. The predicted molar refractivity (Wildman–Crippen MR) is 86.1 cm³/mol. The Balaban J connectivity index is 2.58. The highest BCUT2D eigenvalue weighted by Crippen LogP contribution is 2.30. The van der Waals surface area contributed by atoms with Gasteiger partial charge in [-0.25, -0.2) is 0 Å². The third kappa shape index (κ3) is 2.92. The zero-order valence-electron chi connectivity index (χ0n) is 13.0. The first kappa shape index (κ1) is 15.1. The van der Waals surface area contributed by atoms with Crippen LogP contribution >= 0.6 is 0 Å². The molecule has 0 aromatic heterocycles. The monoisotopic (exact) mass is 283 g/mol. The molecule has 0 amide bonds. The van der Waals surface area contributed by atoms with Crippen LogP contribution in [0.5, 0.6) is 5.75 Å². The first-order chi connectivity index (χ1) is 9.95. The van der Waals surface area contributed by atoms with E-state index in [-0.39, 0.29) is 5.78 Å². The zero-order chi connectivity index (χ0) is 15.6. The fourth-order valence-corrected chi connectivity index (χ4v) is 2.71. The quantitative estimate of drug-likeness (QED) is 0.685. The van der Waals surface area contributed by atoms with E-state index in [1.807, 2.05) is 39.8 Å². The van der Waals surface area contributed by atoms with E-state index >= 15 is 0 Å². The van der Waals surface area contributed by atoms with Crippen molar-refractivity contribution < 1.29 is 9.53 Å². The van der Waals surface area contributed by atoms with Crippen LogP contribution in [0.4, 0.5) is 5.69 Å². The maximum Gasteiger partial charge on any atom is 0.197 e. The van der Waals surface area contributed by atoms with E-state index in [4.69, 9.17) is 10.5 Å². The third-order valence-electron chi connectivity index (χ3n) is 3.48. The van der Waals surface area contributed by atoms with Crippen LogP contribution < -0.4 is 10.5 Å². The maximum atomic E-state index is 12.9. The number of carbonyl (C=O) groups excluding carboxylic acids is 1. The SMILES string of the molecule is CCOc1c(N)cccc1C(=O)c1c(C)cc(C)cc1C. The topological polar surface area (TPSA) is 52.3 Å². The molecule has 3 nitrogen and oxygen atoms in total. The predicted octanol–water partition coefficient (Wildman–Crippen LogP) is 3.82. The van der Waals surface area contributed by atoms with Crippen LogP contribution in [0.1, 0.15) is 39.5 Å². The van der Waals surface area contributed by atoms with Crippen molar-refractivity contribution in [3.05, 3.63) is 58.1 Å². The first-order valence-corrected chi connectivity index (χ1v) is 7.09. The van der Waals surface area contributed by atoms with Gasteiger partial charge in [-0.2, -0.15) is 0 Å². The van der Waals surface area contributed by atoms with Gasteiger partial charge in [-0.3, -0.25) is 4.79 Å². The van der Waals surface area contributed by atoms with Gasteiger partial charge in [-0.1, -0.05) is 23.8 Å². The molecule has 0 aliphatic rings. The minimum absolute atomic E-state index is 0.0410. The van der Waals surface area contributed by atoms with Gasteiger partial charge in [0.2, 0.25) is 0 Å². The molecule has 3 heteroatoms. The van der Waals surface area contributed by atoms with Crippen LogP contribution in [-0.4, -0.2) is 12.4 Å². The standard InChI is InChI=1S/C18H21NO2/c1-5-21-18-14(7-6-8-15(18)19)17(20)16-12(3)9-11(2)10-13(16)4/h6-10H,5,19H2,1-4H3. The molecule has 21 heavy (non-hydrogen) atoms. The van der Waals surface area contributed by atoms with Crippen LogP contribution in [0, 0.1) is 20.8 Å². The Hall–Kier alpha value is -2.29. The van der Waals surface area contributed by atoms with Crippen molar-refractivity contribution in [3.8, 4) is 5.75 Å². The number of rotatable bonds is 4. The van der Waals surface area contributed by atoms with Gasteiger partial charge in [0.15, 0.2) is 11.5 Å². The number of ketones is 1. The Labute approximate surface area is 125 Å². The highest BCUT2D eigenvalue weighted by atomic mass is 16.5. The van der Waals surface area contributed by atoms with Gasteiger partial charge in [-0.15, -0.1) is 0 Å². The molecular weight excluding hydrogens is 262 g/mol. The molecule has 0 radical (unpaired) electrons. The van der Waals surface area contributed by atoms with Crippen molar-refractivity contribution in [2.24, 2.45) is 0 Å². The highest BCUT2D eigenvalue weighted by Gasteiger charge is 2.20. The smallest absolute Gasteiger partial charge is 0.197 e. The van der Waals surface area contributed by atoms with Crippen LogP contribution in [0.3, 0.4) is 0 Å². The zero-order valence-corrected chi connectivity index (χ0v) is 13.0. The van der Waals surface area contributed by atoms with Gasteiger partial charge in [0, 0.05) is 5.56 Å². The van der Waals surface area contributed by atoms with Crippen LogP contribution in [0.15, 0.2) is 30.3 Å². The minimum atomic E-state index is -0.0410. The molecule has 2 aromatic carbocycles. The summed E-state index contributed by atoms with van der Waals surface area (Å²) in [5.41, 5.74) is 10.8. The lowest BCUT2D eigenvalue weighted by atomic mass is 9.92. The van der Waals surface area contributed by atoms with Crippen molar-refractivity contribution in [1.82, 2.24) is 0 Å². The summed E-state index contributed by atoms with van der Waals surface area (Å²) < 4.78 is 5.57. The molecular formula is C18H21NO2. The summed E-state index contributed by atoms with van der Waals surface area (Å²) in [7, 11) is 0. The lowest BCUT2D eigenvalue weighted by Gasteiger charge is -2.15. The minimum Gasteiger partial charge on any atom is -0.491 e. The Morgan fingerprint density at radius 1 is 1.14 bits per heavy atom. The van der Waals surface area contributed by atoms with Gasteiger partial charge < -0.3 is 10.5 Å². The lowest BCUT2D eigenvalue weighted by molar-refractivity contribution is 0.103. The van der Waals surface area contributed by atoms with Crippen LogP contribution in [0.2, 0.25) is 0 Å². The summed E-state index contributed by atoms with van der Waals surface area (Å²) in [6.45, 7) is 8.30. The molecule has 0 aliphatic carbocycles. The third-order valence-corrected chi connectivity index (χ3v) is 3.48. The van der Waals surface area contributed by atoms with E-state index in [9.17, 15) is 4.79 Å². The Kier molecular flexibility index (Phi) is 4.32. The van der Waals surface area contributed by atoms with Crippen molar-refractivity contribution in [3.63, 3.8) is 0 Å². The summed E-state index contributed by atoms with van der Waals surface area (Å²) in [6, 6.07) is 9.34. The Bertz CT molecular complexity index is 667. The fourth-order valence-electron chi connectivity index (χ4n) is 2.71. The number of nitrogen functional groups attached to an aromatic ring is 1. The molecule has 0 saturated heterocycles. The van der Waals surface area contributed by atoms with E-state index < -0.39 is 0 Å². The van der Waals surface area contributed by atoms with Gasteiger partial charge in [0.05, 0.1) is 17.9 Å². The average molecular weight is 283 g/mol.